The third kappa shape index (κ3) is 3.68. The van der Waals surface area contributed by atoms with Gasteiger partial charge in [-0.15, -0.1) is 0 Å². The first-order valence-electron chi connectivity index (χ1n) is 5.19. The Kier molecular flexibility index (Phi) is 5.03. The molecule has 1 N–H and O–H groups in total. The topological polar surface area (TPSA) is 12.0 Å². The summed E-state index contributed by atoms with van der Waals surface area (Å²) in [4.78, 5) is 0. The van der Waals surface area contributed by atoms with E-state index in [9.17, 15) is 4.39 Å². The monoisotopic (exact) mass is 483 g/mol. The van der Waals surface area contributed by atoms with Crippen LogP contribution in [-0.4, -0.2) is 0 Å². The van der Waals surface area contributed by atoms with Crippen molar-refractivity contribution in [1.82, 2.24) is 0 Å². The quantitative estimate of drug-likeness (QED) is 0.562. The average Bonchev–Trinajstić information content (AvgIpc) is 2.32. The van der Waals surface area contributed by atoms with Gasteiger partial charge >= 0.3 is 0 Å². The fraction of sp³-hybridized carbons (Fsp3) is 0.0769. The van der Waals surface area contributed by atoms with Crippen molar-refractivity contribution < 1.29 is 4.39 Å². The lowest BCUT2D eigenvalue weighted by Crippen LogP contribution is -2.01. The van der Waals surface area contributed by atoms with E-state index in [1.807, 2.05) is 18.2 Å². The van der Waals surface area contributed by atoms with Gasteiger partial charge in [-0.25, -0.2) is 4.39 Å². The van der Waals surface area contributed by atoms with Crippen molar-refractivity contribution in [2.24, 2.45) is 0 Å². The highest BCUT2D eigenvalue weighted by molar-refractivity contribution is 14.1. The van der Waals surface area contributed by atoms with Crippen molar-refractivity contribution in [2.75, 3.05) is 5.32 Å². The van der Waals surface area contributed by atoms with Crippen LogP contribution in [0.1, 0.15) is 5.56 Å². The molecule has 0 bridgehead atoms. The van der Waals surface area contributed by atoms with Gasteiger partial charge in [-0.1, -0.05) is 6.07 Å². The van der Waals surface area contributed by atoms with E-state index in [4.69, 9.17) is 0 Å². The smallest absolute Gasteiger partial charge is 0.124 e. The SMILES string of the molecule is Fc1ccc(NCc2ccc(Br)c(Br)c2)c(I)c1. The molecule has 0 saturated carbocycles. The van der Waals surface area contributed by atoms with Crippen LogP contribution in [-0.2, 0) is 6.54 Å². The maximum absolute atomic E-state index is 13.0. The molecule has 1 nitrogen and oxygen atoms in total. The summed E-state index contributed by atoms with van der Waals surface area (Å²) in [7, 11) is 0. The first-order chi connectivity index (χ1) is 8.56. The van der Waals surface area contributed by atoms with Crippen molar-refractivity contribution in [3.63, 3.8) is 0 Å². The largest absolute Gasteiger partial charge is 0.380 e. The fourth-order valence-corrected chi connectivity index (χ4v) is 2.82. The van der Waals surface area contributed by atoms with Crippen LogP contribution >= 0.6 is 54.5 Å². The Morgan fingerprint density at radius 2 is 1.83 bits per heavy atom. The Hall–Kier alpha value is -0.140. The van der Waals surface area contributed by atoms with Gasteiger partial charge in [0, 0.05) is 24.7 Å². The standard InChI is InChI=1S/C13H9Br2FIN/c14-10-3-1-8(5-11(10)15)7-18-13-4-2-9(16)6-12(13)17/h1-6,18H,7H2. The fourth-order valence-electron chi connectivity index (χ4n) is 1.48. The highest BCUT2D eigenvalue weighted by Gasteiger charge is 2.02. The molecular weight excluding hydrogens is 476 g/mol. The molecule has 0 aromatic heterocycles. The second-order valence-corrected chi connectivity index (χ2v) is 6.60. The highest BCUT2D eigenvalue weighted by Crippen LogP contribution is 2.25. The minimum Gasteiger partial charge on any atom is -0.380 e. The molecule has 5 heteroatoms. The zero-order valence-corrected chi connectivity index (χ0v) is 14.5. The second-order valence-electron chi connectivity index (χ2n) is 3.73. The van der Waals surface area contributed by atoms with Gasteiger partial charge in [0.2, 0.25) is 0 Å². The minimum atomic E-state index is -0.212. The van der Waals surface area contributed by atoms with E-state index in [0.717, 1.165) is 23.8 Å². The molecule has 0 heterocycles. The number of hydrogen-bond acceptors (Lipinski definition) is 1. The molecule has 0 spiro atoms. The Morgan fingerprint density at radius 3 is 2.50 bits per heavy atom. The van der Waals surface area contributed by atoms with E-state index in [1.165, 1.54) is 12.1 Å². The van der Waals surface area contributed by atoms with Gasteiger partial charge in [-0.2, -0.15) is 0 Å². The molecule has 0 aliphatic heterocycles. The maximum Gasteiger partial charge on any atom is 0.124 e. The van der Waals surface area contributed by atoms with E-state index in [1.54, 1.807) is 6.07 Å². The average molecular weight is 485 g/mol. The van der Waals surface area contributed by atoms with Crippen LogP contribution < -0.4 is 5.32 Å². The molecule has 2 aromatic carbocycles. The van der Waals surface area contributed by atoms with Crippen LogP contribution in [0.25, 0.3) is 0 Å². The first-order valence-corrected chi connectivity index (χ1v) is 7.85. The Balaban J connectivity index is 2.09. The van der Waals surface area contributed by atoms with Crippen molar-refractivity contribution in [2.45, 2.75) is 6.54 Å². The second kappa shape index (κ2) is 6.34. The Bertz CT molecular complexity index is 575. The van der Waals surface area contributed by atoms with Crippen LogP contribution in [0.4, 0.5) is 10.1 Å². The van der Waals surface area contributed by atoms with Crippen molar-refractivity contribution in [3.05, 3.63) is 60.3 Å². The van der Waals surface area contributed by atoms with Gasteiger partial charge < -0.3 is 5.32 Å². The lowest BCUT2D eigenvalue weighted by Gasteiger charge is -2.09. The molecule has 0 fully saturated rings. The number of nitrogens with one attached hydrogen (secondary N) is 1. The summed E-state index contributed by atoms with van der Waals surface area (Å²) in [6.07, 6.45) is 0. The molecule has 0 radical (unpaired) electrons. The molecule has 2 rings (SSSR count). The normalized spacial score (nSPS) is 10.4. The number of hydrogen-bond donors (Lipinski definition) is 1. The summed E-state index contributed by atoms with van der Waals surface area (Å²) in [5.74, 6) is -0.212. The molecule has 2 aromatic rings. The lowest BCUT2D eigenvalue weighted by molar-refractivity contribution is 0.627. The van der Waals surface area contributed by atoms with E-state index in [0.29, 0.717) is 6.54 Å². The van der Waals surface area contributed by atoms with Crippen LogP contribution in [0.3, 0.4) is 0 Å². The van der Waals surface area contributed by atoms with Gasteiger partial charge in [-0.05, 0) is 90.3 Å². The van der Waals surface area contributed by atoms with Crippen LogP contribution in [0, 0.1) is 9.39 Å². The molecule has 0 saturated heterocycles. The number of rotatable bonds is 3. The number of benzene rings is 2. The summed E-state index contributed by atoms with van der Waals surface area (Å²) in [6, 6.07) is 10.8. The Morgan fingerprint density at radius 1 is 1.06 bits per heavy atom. The van der Waals surface area contributed by atoms with Gasteiger partial charge in [-0.3, -0.25) is 0 Å². The maximum atomic E-state index is 13.0. The molecule has 94 valence electrons. The molecule has 0 aliphatic rings. The Labute approximate surface area is 136 Å². The number of anilines is 1. The minimum absolute atomic E-state index is 0.212. The lowest BCUT2D eigenvalue weighted by atomic mass is 10.2. The molecular formula is C13H9Br2FIN. The highest BCUT2D eigenvalue weighted by atomic mass is 127. The van der Waals surface area contributed by atoms with Crippen LogP contribution in [0.2, 0.25) is 0 Å². The molecule has 0 unspecified atom stereocenters. The van der Waals surface area contributed by atoms with Gasteiger partial charge in [0.1, 0.15) is 5.82 Å². The summed E-state index contributed by atoms with van der Waals surface area (Å²) < 4.78 is 15.9. The first kappa shape index (κ1) is 14.3. The van der Waals surface area contributed by atoms with E-state index in [2.05, 4.69) is 59.8 Å². The van der Waals surface area contributed by atoms with Gasteiger partial charge in [0.05, 0.1) is 0 Å². The zero-order chi connectivity index (χ0) is 13.1. The van der Waals surface area contributed by atoms with E-state index < -0.39 is 0 Å². The third-order valence-electron chi connectivity index (χ3n) is 2.40. The van der Waals surface area contributed by atoms with E-state index in [-0.39, 0.29) is 5.82 Å². The van der Waals surface area contributed by atoms with Crippen LogP contribution in [0.15, 0.2) is 45.3 Å². The number of halogens is 4. The molecule has 0 amide bonds. The summed E-state index contributed by atoms with van der Waals surface area (Å²) >= 11 is 9.03. The van der Waals surface area contributed by atoms with E-state index >= 15 is 0 Å². The molecule has 18 heavy (non-hydrogen) atoms. The third-order valence-corrected chi connectivity index (χ3v) is 5.17. The van der Waals surface area contributed by atoms with Crippen molar-refractivity contribution >= 4 is 60.1 Å². The van der Waals surface area contributed by atoms with Crippen molar-refractivity contribution in [1.29, 1.82) is 0 Å². The van der Waals surface area contributed by atoms with Crippen molar-refractivity contribution in [3.8, 4) is 0 Å². The predicted octanol–water partition coefficient (Wildman–Crippen LogP) is 5.57. The molecule has 0 aliphatic carbocycles. The molecule has 0 atom stereocenters. The van der Waals surface area contributed by atoms with Gasteiger partial charge in [0.25, 0.3) is 0 Å². The van der Waals surface area contributed by atoms with Crippen LogP contribution in [0.5, 0.6) is 0 Å². The summed E-state index contributed by atoms with van der Waals surface area (Å²) in [6.45, 7) is 0.702. The van der Waals surface area contributed by atoms with Gasteiger partial charge in [0.15, 0.2) is 0 Å². The predicted molar refractivity (Wildman–Crippen MR) is 88.3 cm³/mol. The summed E-state index contributed by atoms with van der Waals surface area (Å²) in [5, 5.41) is 3.29. The summed E-state index contributed by atoms with van der Waals surface area (Å²) in [5.41, 5.74) is 2.10. The zero-order valence-electron chi connectivity index (χ0n) is 9.18.